The van der Waals surface area contributed by atoms with Gasteiger partial charge in [0, 0.05) is 6.04 Å². The molecule has 0 amide bonds. The van der Waals surface area contributed by atoms with E-state index in [4.69, 9.17) is 0 Å². The molecule has 0 spiro atoms. The van der Waals surface area contributed by atoms with Crippen molar-refractivity contribution in [1.82, 2.24) is 4.90 Å². The molecule has 0 radical (unpaired) electrons. The summed E-state index contributed by atoms with van der Waals surface area (Å²) in [5, 5.41) is 0. The van der Waals surface area contributed by atoms with Crippen molar-refractivity contribution < 1.29 is 0 Å². The summed E-state index contributed by atoms with van der Waals surface area (Å²) >= 11 is 0. The molecule has 0 N–H and O–H groups in total. The molecule has 0 aromatic carbocycles. The summed E-state index contributed by atoms with van der Waals surface area (Å²) in [5.41, 5.74) is 0. The van der Waals surface area contributed by atoms with Gasteiger partial charge in [-0.25, -0.2) is 0 Å². The number of rotatable bonds is 31. The van der Waals surface area contributed by atoms with Crippen LogP contribution in [0.5, 0.6) is 0 Å². The van der Waals surface area contributed by atoms with Gasteiger partial charge in [0.15, 0.2) is 0 Å². The van der Waals surface area contributed by atoms with Crippen molar-refractivity contribution in [3.63, 3.8) is 0 Å². The summed E-state index contributed by atoms with van der Waals surface area (Å²) in [6.45, 7) is 4.59. The van der Waals surface area contributed by atoms with Crippen molar-refractivity contribution in [2.45, 2.75) is 187 Å². The van der Waals surface area contributed by atoms with E-state index in [0.29, 0.717) is 6.04 Å². The van der Waals surface area contributed by atoms with Crippen LogP contribution < -0.4 is 0 Å². The lowest BCUT2D eigenvalue weighted by atomic mass is 10.0. The predicted molar refractivity (Wildman–Crippen MR) is 185 cm³/mol. The van der Waals surface area contributed by atoms with Gasteiger partial charge >= 0.3 is 0 Å². The fourth-order valence-electron chi connectivity index (χ4n) is 5.32. The maximum atomic E-state index is 2.35. The van der Waals surface area contributed by atoms with Crippen LogP contribution in [0.4, 0.5) is 0 Å². The highest BCUT2D eigenvalue weighted by Crippen LogP contribution is 2.14. The third-order valence-corrected chi connectivity index (χ3v) is 8.16. The Balaban J connectivity index is 3.68. The first-order valence-corrected chi connectivity index (χ1v) is 18.1. The van der Waals surface area contributed by atoms with Gasteiger partial charge in [-0.05, 0) is 39.8 Å². The number of allylic oxidation sites excluding steroid dienone is 6. The van der Waals surface area contributed by atoms with Gasteiger partial charge in [-0.1, -0.05) is 204 Å². The first-order chi connectivity index (χ1) is 19.7. The smallest absolute Gasteiger partial charge is 0.0461 e. The van der Waals surface area contributed by atoms with Crippen molar-refractivity contribution in [3.05, 3.63) is 48.6 Å². The standard InChI is InChI=1S/C39H73N/c1-5-7-9-11-13-15-17-19-21-23-25-27-29-31-33-35-37-39(40(3)4)38-36-34-32-30-28-26-24-22-20-18-16-14-12-10-8-6-2/h31-39H,5-30H2,1-4H3. The summed E-state index contributed by atoms with van der Waals surface area (Å²) < 4.78 is 0. The highest BCUT2D eigenvalue weighted by molar-refractivity contribution is 5.15. The zero-order valence-electron chi connectivity index (χ0n) is 28.0. The molecule has 0 rings (SSSR count). The van der Waals surface area contributed by atoms with Gasteiger partial charge in [0.25, 0.3) is 0 Å². The third-order valence-electron chi connectivity index (χ3n) is 8.16. The van der Waals surface area contributed by atoms with Crippen molar-refractivity contribution in [2.75, 3.05) is 14.1 Å². The minimum absolute atomic E-state index is 0.354. The molecule has 40 heavy (non-hydrogen) atoms. The van der Waals surface area contributed by atoms with Crippen LogP contribution in [-0.2, 0) is 0 Å². The molecule has 1 heteroatoms. The molecule has 0 aliphatic carbocycles. The maximum Gasteiger partial charge on any atom is 0.0461 e. The Morgan fingerprint density at radius 1 is 0.375 bits per heavy atom. The molecular weight excluding hydrogens is 482 g/mol. The van der Waals surface area contributed by atoms with Crippen LogP contribution in [0, 0.1) is 0 Å². The molecule has 0 aliphatic heterocycles. The second-order valence-corrected chi connectivity index (χ2v) is 12.4. The quantitative estimate of drug-likeness (QED) is 0.0607. The Labute approximate surface area is 254 Å². The molecule has 0 aliphatic rings. The number of hydrogen-bond donors (Lipinski definition) is 0. The molecule has 0 saturated heterocycles. The lowest BCUT2D eigenvalue weighted by Gasteiger charge is -2.16. The van der Waals surface area contributed by atoms with Crippen LogP contribution in [0.1, 0.15) is 181 Å². The van der Waals surface area contributed by atoms with E-state index in [0.717, 1.165) is 0 Å². The lowest BCUT2D eigenvalue weighted by molar-refractivity contribution is 0.391. The van der Waals surface area contributed by atoms with Gasteiger partial charge in [0.05, 0.1) is 0 Å². The van der Waals surface area contributed by atoms with Gasteiger partial charge in [0.1, 0.15) is 0 Å². The maximum absolute atomic E-state index is 2.35. The summed E-state index contributed by atoms with van der Waals surface area (Å²) in [4.78, 5) is 2.27. The second-order valence-electron chi connectivity index (χ2n) is 12.4. The molecule has 0 unspecified atom stereocenters. The number of unbranched alkanes of at least 4 members (excludes halogenated alkanes) is 24. The Kier molecular flexibility index (Phi) is 33.2. The van der Waals surface area contributed by atoms with Crippen LogP contribution >= 0.6 is 0 Å². The van der Waals surface area contributed by atoms with Crippen LogP contribution in [0.2, 0.25) is 0 Å². The zero-order chi connectivity index (χ0) is 29.2. The Hall–Kier alpha value is -1.08. The average Bonchev–Trinajstić information content (AvgIpc) is 2.95. The van der Waals surface area contributed by atoms with Crippen LogP contribution in [0.15, 0.2) is 48.6 Å². The van der Waals surface area contributed by atoms with Gasteiger partial charge in [-0.3, -0.25) is 4.90 Å². The van der Waals surface area contributed by atoms with Gasteiger partial charge in [-0.15, -0.1) is 0 Å². The fourth-order valence-corrected chi connectivity index (χ4v) is 5.32. The number of likely N-dealkylation sites (N-methyl/N-ethyl adjacent to an activating group) is 1. The second kappa shape index (κ2) is 34.1. The molecule has 0 atom stereocenters. The first kappa shape index (κ1) is 38.9. The minimum Gasteiger partial charge on any atom is -0.300 e. The van der Waals surface area contributed by atoms with Gasteiger partial charge in [-0.2, -0.15) is 0 Å². The largest absolute Gasteiger partial charge is 0.300 e. The summed E-state index contributed by atoms with van der Waals surface area (Å²) in [5.74, 6) is 0. The normalized spacial score (nSPS) is 13.3. The average molecular weight is 556 g/mol. The molecule has 0 heterocycles. The topological polar surface area (TPSA) is 3.24 Å². The third kappa shape index (κ3) is 31.4. The van der Waals surface area contributed by atoms with Crippen molar-refractivity contribution in [3.8, 4) is 0 Å². The number of nitrogens with zero attached hydrogens (tertiary/aromatic N) is 1. The van der Waals surface area contributed by atoms with Crippen molar-refractivity contribution >= 4 is 0 Å². The molecule has 0 saturated carbocycles. The molecule has 0 fully saturated rings. The summed E-state index contributed by atoms with van der Waals surface area (Å²) in [6.07, 6.45) is 54.8. The van der Waals surface area contributed by atoms with Crippen LogP contribution in [0.25, 0.3) is 0 Å². The summed E-state index contributed by atoms with van der Waals surface area (Å²) in [6, 6.07) is 0.354. The van der Waals surface area contributed by atoms with Gasteiger partial charge < -0.3 is 0 Å². The van der Waals surface area contributed by atoms with Gasteiger partial charge in [0.2, 0.25) is 0 Å². The molecular formula is C39H73N. The number of hydrogen-bond acceptors (Lipinski definition) is 1. The molecule has 0 aromatic heterocycles. The van der Waals surface area contributed by atoms with Crippen LogP contribution in [0.3, 0.4) is 0 Å². The zero-order valence-corrected chi connectivity index (χ0v) is 28.0. The molecule has 0 aromatic rings. The van der Waals surface area contributed by atoms with Crippen molar-refractivity contribution in [1.29, 1.82) is 0 Å². The highest BCUT2D eigenvalue weighted by atomic mass is 15.1. The van der Waals surface area contributed by atoms with Crippen molar-refractivity contribution in [2.24, 2.45) is 0 Å². The first-order valence-electron chi connectivity index (χ1n) is 18.1. The highest BCUT2D eigenvalue weighted by Gasteiger charge is 2.00. The van der Waals surface area contributed by atoms with E-state index < -0.39 is 0 Å². The Morgan fingerprint density at radius 3 is 0.925 bits per heavy atom. The lowest BCUT2D eigenvalue weighted by Crippen LogP contribution is -2.23. The summed E-state index contributed by atoms with van der Waals surface area (Å²) in [7, 11) is 4.32. The minimum atomic E-state index is 0.354. The SMILES string of the molecule is CCCCCCCCCCCCCCC=CC=CC(C=CC=CCCCCCCCCCCCCCC)N(C)C. The van der Waals surface area contributed by atoms with E-state index in [2.05, 4.69) is 81.5 Å². The molecule has 234 valence electrons. The molecule has 0 bridgehead atoms. The van der Waals surface area contributed by atoms with E-state index >= 15 is 0 Å². The Morgan fingerprint density at radius 2 is 0.650 bits per heavy atom. The van der Waals surface area contributed by atoms with E-state index in [1.54, 1.807) is 0 Å². The van der Waals surface area contributed by atoms with Crippen LogP contribution in [-0.4, -0.2) is 25.0 Å². The fraction of sp³-hybridized carbons (Fsp3) is 0.795. The van der Waals surface area contributed by atoms with E-state index in [1.807, 2.05) is 0 Å². The molecule has 1 nitrogen and oxygen atoms in total. The van der Waals surface area contributed by atoms with E-state index in [9.17, 15) is 0 Å². The van der Waals surface area contributed by atoms with E-state index in [1.165, 1.54) is 167 Å². The van der Waals surface area contributed by atoms with E-state index in [-0.39, 0.29) is 0 Å². The monoisotopic (exact) mass is 556 g/mol. The Bertz CT molecular complexity index is 534. The predicted octanol–water partition coefficient (Wildman–Crippen LogP) is 13.3.